The monoisotopic (exact) mass is 437 g/mol. The number of esters is 2. The van der Waals surface area contributed by atoms with Crippen molar-refractivity contribution < 1.29 is 19.1 Å². The van der Waals surface area contributed by atoms with Crippen LogP contribution in [0.2, 0.25) is 10.0 Å². The van der Waals surface area contributed by atoms with Crippen molar-refractivity contribution in [1.29, 1.82) is 0 Å². The van der Waals surface area contributed by atoms with Crippen LogP contribution in [0.3, 0.4) is 0 Å². The van der Waals surface area contributed by atoms with Crippen molar-refractivity contribution in [3.8, 4) is 0 Å². The molecule has 1 fully saturated rings. The highest BCUT2D eigenvalue weighted by Gasteiger charge is 2.44. The van der Waals surface area contributed by atoms with E-state index in [1.807, 2.05) is 13.8 Å². The number of nitrogens with zero attached hydrogens (tertiary/aromatic N) is 1. The number of benzene rings is 1. The minimum atomic E-state index is -0.714. The first-order valence-corrected chi connectivity index (χ1v) is 10.6. The molecule has 156 valence electrons. The highest BCUT2D eigenvalue weighted by atomic mass is 35.5. The molecule has 2 aliphatic rings. The molecule has 3 rings (SSSR count). The number of hydrogen-bond acceptors (Lipinski definition) is 5. The fraction of sp³-hybridized carbons (Fsp3) is 0.455. The Morgan fingerprint density at radius 2 is 1.52 bits per heavy atom. The van der Waals surface area contributed by atoms with E-state index in [0.717, 1.165) is 24.2 Å². The van der Waals surface area contributed by atoms with Crippen LogP contribution in [-0.4, -0.2) is 36.1 Å². The van der Waals surface area contributed by atoms with Crippen molar-refractivity contribution >= 4 is 35.1 Å². The van der Waals surface area contributed by atoms with Crippen LogP contribution in [0.5, 0.6) is 0 Å². The van der Waals surface area contributed by atoms with E-state index >= 15 is 0 Å². The topological polar surface area (TPSA) is 55.8 Å². The summed E-state index contributed by atoms with van der Waals surface area (Å²) in [5, 5.41) is 0.666. The van der Waals surface area contributed by atoms with Gasteiger partial charge in [0.05, 0.1) is 40.3 Å². The Labute approximate surface area is 181 Å². The summed E-state index contributed by atoms with van der Waals surface area (Å²) >= 11 is 12.8. The largest absolute Gasteiger partial charge is 0.463 e. The molecular weight excluding hydrogens is 413 g/mol. The molecule has 0 unspecified atom stereocenters. The summed E-state index contributed by atoms with van der Waals surface area (Å²) in [7, 11) is 0. The molecule has 1 aromatic carbocycles. The van der Waals surface area contributed by atoms with Crippen molar-refractivity contribution in [2.24, 2.45) is 0 Å². The van der Waals surface area contributed by atoms with Crippen molar-refractivity contribution in [2.45, 2.75) is 52.5 Å². The SMILES string of the molecule is CCOC(=O)C1=C(C)N(C2CC2)C(C)=C(C(=O)OCC)C1c1cccc(Cl)c1Cl. The van der Waals surface area contributed by atoms with Crippen LogP contribution in [0, 0.1) is 0 Å². The number of halogens is 2. The second kappa shape index (κ2) is 8.80. The molecule has 0 atom stereocenters. The van der Waals surface area contributed by atoms with Crippen LogP contribution in [0.15, 0.2) is 40.7 Å². The Bertz CT molecular complexity index is 860. The number of hydrogen-bond donors (Lipinski definition) is 0. The minimum Gasteiger partial charge on any atom is -0.463 e. The van der Waals surface area contributed by atoms with Gasteiger partial charge in [0, 0.05) is 17.4 Å². The van der Waals surface area contributed by atoms with E-state index in [1.54, 1.807) is 32.0 Å². The number of carbonyl (C=O) groups excluding carboxylic acids is 2. The summed E-state index contributed by atoms with van der Waals surface area (Å²) in [5.74, 6) is -1.65. The Hall–Kier alpha value is -1.98. The van der Waals surface area contributed by atoms with Gasteiger partial charge in [-0.3, -0.25) is 0 Å². The lowest BCUT2D eigenvalue weighted by molar-refractivity contribution is -0.139. The molecule has 0 amide bonds. The zero-order valence-electron chi connectivity index (χ0n) is 17.1. The Balaban J connectivity index is 2.28. The van der Waals surface area contributed by atoms with Crippen LogP contribution in [-0.2, 0) is 19.1 Å². The minimum absolute atomic E-state index is 0.229. The molecular formula is C22H25Cl2NO4. The van der Waals surface area contributed by atoms with Gasteiger partial charge >= 0.3 is 11.9 Å². The molecule has 0 radical (unpaired) electrons. The van der Waals surface area contributed by atoms with Gasteiger partial charge < -0.3 is 14.4 Å². The highest BCUT2D eigenvalue weighted by molar-refractivity contribution is 6.42. The zero-order chi connectivity index (χ0) is 21.3. The average Bonchev–Trinajstić information content (AvgIpc) is 3.49. The summed E-state index contributed by atoms with van der Waals surface area (Å²) < 4.78 is 10.7. The fourth-order valence-corrected chi connectivity index (χ4v) is 4.37. The molecule has 0 spiro atoms. The second-order valence-electron chi connectivity index (χ2n) is 7.12. The van der Waals surface area contributed by atoms with E-state index in [-0.39, 0.29) is 19.3 Å². The second-order valence-corrected chi connectivity index (χ2v) is 7.90. The predicted octanol–water partition coefficient (Wildman–Crippen LogP) is 5.23. The molecule has 1 aliphatic heterocycles. The molecule has 0 bridgehead atoms. The van der Waals surface area contributed by atoms with Crippen molar-refractivity contribution in [3.05, 3.63) is 56.3 Å². The highest BCUT2D eigenvalue weighted by Crippen LogP contribution is 2.48. The Morgan fingerprint density at radius 3 is 1.97 bits per heavy atom. The quantitative estimate of drug-likeness (QED) is 0.570. The van der Waals surface area contributed by atoms with Crippen molar-refractivity contribution in [3.63, 3.8) is 0 Å². The van der Waals surface area contributed by atoms with E-state index in [0.29, 0.717) is 26.8 Å². The van der Waals surface area contributed by atoms with Crippen LogP contribution in [0.25, 0.3) is 0 Å². The van der Waals surface area contributed by atoms with Crippen molar-refractivity contribution in [2.75, 3.05) is 13.2 Å². The smallest absolute Gasteiger partial charge is 0.336 e. The lowest BCUT2D eigenvalue weighted by atomic mass is 9.79. The standard InChI is InChI=1S/C22H25Cl2NO4/c1-5-28-21(26)17-12(3)25(14-10-11-14)13(4)18(22(27)29-6-2)19(17)15-8-7-9-16(23)20(15)24/h7-9,14,19H,5-6,10-11H2,1-4H3. The van der Waals surface area contributed by atoms with Crippen molar-refractivity contribution in [1.82, 2.24) is 4.90 Å². The maximum atomic E-state index is 13.1. The molecule has 7 heteroatoms. The van der Waals surface area contributed by atoms with Crippen LogP contribution >= 0.6 is 23.2 Å². The molecule has 0 aromatic heterocycles. The molecule has 1 aliphatic carbocycles. The normalized spacial score (nSPS) is 17.7. The van der Waals surface area contributed by atoms with E-state index in [9.17, 15) is 9.59 Å². The predicted molar refractivity (Wildman–Crippen MR) is 113 cm³/mol. The van der Waals surface area contributed by atoms with Crippen LogP contribution < -0.4 is 0 Å². The van der Waals surface area contributed by atoms with Gasteiger partial charge in [-0.25, -0.2) is 9.59 Å². The van der Waals surface area contributed by atoms with E-state index in [4.69, 9.17) is 32.7 Å². The van der Waals surface area contributed by atoms with E-state index < -0.39 is 17.9 Å². The Morgan fingerprint density at radius 1 is 1.00 bits per heavy atom. The maximum Gasteiger partial charge on any atom is 0.336 e. The molecule has 1 aromatic rings. The molecule has 0 N–H and O–H groups in total. The van der Waals surface area contributed by atoms with Gasteiger partial charge in [0.25, 0.3) is 0 Å². The first-order valence-electron chi connectivity index (χ1n) is 9.82. The number of allylic oxidation sites excluding steroid dienone is 2. The van der Waals surface area contributed by atoms with Gasteiger partial charge in [-0.05, 0) is 52.2 Å². The summed E-state index contributed by atoms with van der Waals surface area (Å²) in [6.07, 6.45) is 2.01. The number of ether oxygens (including phenoxy) is 2. The lowest BCUT2D eigenvalue weighted by Gasteiger charge is -2.38. The summed E-state index contributed by atoms with van der Waals surface area (Å²) in [4.78, 5) is 28.2. The third-order valence-electron chi connectivity index (χ3n) is 5.27. The first kappa shape index (κ1) is 21.7. The zero-order valence-corrected chi connectivity index (χ0v) is 18.6. The first-order chi connectivity index (χ1) is 13.8. The summed E-state index contributed by atoms with van der Waals surface area (Å²) in [6.45, 7) is 7.75. The number of carbonyl (C=O) groups is 2. The van der Waals surface area contributed by atoms with Crippen LogP contribution in [0.4, 0.5) is 0 Å². The van der Waals surface area contributed by atoms with Gasteiger partial charge in [-0.15, -0.1) is 0 Å². The Kier molecular flexibility index (Phi) is 6.59. The number of rotatable bonds is 6. The van der Waals surface area contributed by atoms with Gasteiger partial charge in [-0.1, -0.05) is 35.3 Å². The molecule has 1 heterocycles. The average molecular weight is 438 g/mol. The van der Waals surface area contributed by atoms with E-state index in [1.165, 1.54) is 0 Å². The third kappa shape index (κ3) is 4.03. The van der Waals surface area contributed by atoms with Gasteiger partial charge in [0.15, 0.2) is 0 Å². The van der Waals surface area contributed by atoms with Gasteiger partial charge in [0.2, 0.25) is 0 Å². The summed E-state index contributed by atoms with van der Waals surface area (Å²) in [5.41, 5.74) is 2.93. The third-order valence-corrected chi connectivity index (χ3v) is 6.11. The van der Waals surface area contributed by atoms with Gasteiger partial charge in [-0.2, -0.15) is 0 Å². The molecule has 5 nitrogen and oxygen atoms in total. The van der Waals surface area contributed by atoms with E-state index in [2.05, 4.69) is 4.90 Å². The maximum absolute atomic E-state index is 13.1. The van der Waals surface area contributed by atoms with Gasteiger partial charge in [0.1, 0.15) is 0 Å². The lowest BCUT2D eigenvalue weighted by Crippen LogP contribution is -2.36. The molecule has 0 saturated heterocycles. The summed E-state index contributed by atoms with van der Waals surface area (Å²) in [6, 6.07) is 5.48. The fourth-order valence-electron chi connectivity index (χ4n) is 3.96. The van der Waals surface area contributed by atoms with Crippen LogP contribution in [0.1, 0.15) is 52.0 Å². The molecule has 1 saturated carbocycles. The molecule has 29 heavy (non-hydrogen) atoms.